The number of aromatic nitrogens is 1. The van der Waals surface area contributed by atoms with Gasteiger partial charge < -0.3 is 11.1 Å². The molecule has 0 aliphatic rings. The van der Waals surface area contributed by atoms with Gasteiger partial charge in [-0.3, -0.25) is 0 Å². The fourth-order valence-corrected chi connectivity index (χ4v) is 1.44. The van der Waals surface area contributed by atoms with Crippen LogP contribution in [-0.4, -0.2) is 18.1 Å². The number of halogens is 4. The van der Waals surface area contributed by atoms with Crippen molar-refractivity contribution in [3.8, 4) is 0 Å². The van der Waals surface area contributed by atoms with E-state index in [9.17, 15) is 8.78 Å². The van der Waals surface area contributed by atoms with Crippen molar-refractivity contribution in [2.45, 2.75) is 3.93 Å². The number of alkyl halides is 3. The SMILES string of the molecule is NCCNc1ncc(C(F)(F)I)cc1Cl. The van der Waals surface area contributed by atoms with Crippen LogP contribution < -0.4 is 11.1 Å². The zero-order valence-electron chi connectivity index (χ0n) is 7.61. The molecule has 0 radical (unpaired) electrons. The van der Waals surface area contributed by atoms with E-state index in [0.29, 0.717) is 18.9 Å². The third kappa shape index (κ3) is 3.69. The first-order valence-corrected chi connectivity index (χ1v) is 5.57. The summed E-state index contributed by atoms with van der Waals surface area (Å²) in [7, 11) is 0. The molecule has 0 bridgehead atoms. The largest absolute Gasteiger partial charge is 0.368 e. The number of pyridine rings is 1. The Balaban J connectivity index is 2.88. The minimum absolute atomic E-state index is 0.164. The summed E-state index contributed by atoms with van der Waals surface area (Å²) in [6, 6.07) is 1.19. The van der Waals surface area contributed by atoms with Gasteiger partial charge in [-0.25, -0.2) is 4.98 Å². The van der Waals surface area contributed by atoms with Crippen molar-refractivity contribution in [1.82, 2.24) is 4.98 Å². The molecule has 0 aliphatic heterocycles. The van der Waals surface area contributed by atoms with Crippen LogP contribution in [0.5, 0.6) is 0 Å². The Labute approximate surface area is 105 Å². The predicted molar refractivity (Wildman–Crippen MR) is 64.7 cm³/mol. The van der Waals surface area contributed by atoms with Crippen molar-refractivity contribution in [3.63, 3.8) is 0 Å². The van der Waals surface area contributed by atoms with Gasteiger partial charge in [-0.15, -0.1) is 0 Å². The van der Waals surface area contributed by atoms with Crippen molar-refractivity contribution < 1.29 is 8.78 Å². The molecule has 3 nitrogen and oxygen atoms in total. The zero-order chi connectivity index (χ0) is 11.5. The Hall–Kier alpha value is -0.210. The van der Waals surface area contributed by atoms with E-state index >= 15 is 0 Å². The Morgan fingerprint density at radius 1 is 1.60 bits per heavy atom. The average molecular weight is 348 g/mol. The van der Waals surface area contributed by atoms with Crippen LogP contribution in [0.2, 0.25) is 5.02 Å². The lowest BCUT2D eigenvalue weighted by Gasteiger charge is -2.11. The van der Waals surface area contributed by atoms with Gasteiger partial charge in [0.15, 0.2) is 0 Å². The number of nitrogens with two attached hydrogens (primary N) is 1. The van der Waals surface area contributed by atoms with Gasteiger partial charge in [0.25, 0.3) is 0 Å². The molecule has 0 spiro atoms. The van der Waals surface area contributed by atoms with Crippen LogP contribution in [-0.2, 0) is 3.93 Å². The first-order valence-electron chi connectivity index (χ1n) is 4.12. The predicted octanol–water partition coefficient (Wildman–Crippen LogP) is 2.59. The Morgan fingerprint density at radius 2 is 2.27 bits per heavy atom. The third-order valence-electron chi connectivity index (χ3n) is 1.61. The van der Waals surface area contributed by atoms with E-state index in [1.165, 1.54) is 6.07 Å². The van der Waals surface area contributed by atoms with Gasteiger partial charge in [0.05, 0.1) is 10.6 Å². The number of nitrogens with zero attached hydrogens (tertiary/aromatic N) is 1. The Morgan fingerprint density at radius 3 is 2.73 bits per heavy atom. The average Bonchev–Trinajstić information content (AvgIpc) is 2.14. The van der Waals surface area contributed by atoms with Crippen LogP contribution in [0.25, 0.3) is 0 Å². The summed E-state index contributed by atoms with van der Waals surface area (Å²) in [6.07, 6.45) is 1.09. The maximum atomic E-state index is 12.9. The first-order chi connectivity index (χ1) is 6.95. The molecule has 1 rings (SSSR count). The molecule has 15 heavy (non-hydrogen) atoms. The molecule has 1 aromatic heterocycles. The molecule has 0 saturated carbocycles. The second-order valence-electron chi connectivity index (χ2n) is 2.77. The second-order valence-corrected chi connectivity index (χ2v) is 4.53. The molecule has 1 aromatic rings. The highest BCUT2D eigenvalue weighted by atomic mass is 127. The molecule has 0 aromatic carbocycles. The minimum Gasteiger partial charge on any atom is -0.368 e. The lowest BCUT2D eigenvalue weighted by molar-refractivity contribution is 0.127. The lowest BCUT2D eigenvalue weighted by Crippen LogP contribution is -2.14. The number of rotatable bonds is 4. The van der Waals surface area contributed by atoms with Crippen LogP contribution in [0, 0.1) is 0 Å². The van der Waals surface area contributed by atoms with Crippen LogP contribution >= 0.6 is 34.2 Å². The van der Waals surface area contributed by atoms with Gasteiger partial charge in [0.1, 0.15) is 5.82 Å². The summed E-state index contributed by atoms with van der Waals surface area (Å²) in [6.45, 7) is 0.912. The second kappa shape index (κ2) is 5.22. The molecule has 84 valence electrons. The molecule has 7 heteroatoms. The molecule has 0 atom stereocenters. The van der Waals surface area contributed by atoms with Crippen molar-refractivity contribution in [2.75, 3.05) is 18.4 Å². The van der Waals surface area contributed by atoms with Gasteiger partial charge in [-0.1, -0.05) is 11.6 Å². The van der Waals surface area contributed by atoms with E-state index in [1.807, 2.05) is 0 Å². The third-order valence-corrected chi connectivity index (χ3v) is 2.52. The summed E-state index contributed by atoms with van der Waals surface area (Å²) in [5.41, 5.74) is 5.05. The van der Waals surface area contributed by atoms with Crippen LogP contribution in [0.1, 0.15) is 5.56 Å². The molecule has 0 fully saturated rings. The van der Waals surface area contributed by atoms with Crippen LogP contribution in [0.4, 0.5) is 14.6 Å². The van der Waals surface area contributed by atoms with Gasteiger partial charge in [0, 0.05) is 41.9 Å². The summed E-state index contributed by atoms with van der Waals surface area (Å²) in [5, 5.41) is 2.99. The highest BCUT2D eigenvalue weighted by Gasteiger charge is 2.27. The summed E-state index contributed by atoms with van der Waals surface area (Å²) in [5.74, 6) is 0.367. The van der Waals surface area contributed by atoms with Crippen molar-refractivity contribution in [3.05, 3.63) is 22.8 Å². The molecule has 0 unspecified atom stereocenters. The topological polar surface area (TPSA) is 50.9 Å². The fourth-order valence-electron chi connectivity index (χ4n) is 0.914. The van der Waals surface area contributed by atoms with E-state index < -0.39 is 3.93 Å². The monoisotopic (exact) mass is 347 g/mol. The van der Waals surface area contributed by atoms with Gasteiger partial charge in [-0.05, 0) is 6.07 Å². The summed E-state index contributed by atoms with van der Waals surface area (Å²) < 4.78 is 22.8. The maximum Gasteiger partial charge on any atom is 0.323 e. The van der Waals surface area contributed by atoms with Gasteiger partial charge >= 0.3 is 3.93 Å². The van der Waals surface area contributed by atoms with Gasteiger partial charge in [0.2, 0.25) is 0 Å². The summed E-state index contributed by atoms with van der Waals surface area (Å²) in [4.78, 5) is 3.80. The molecule has 3 N–H and O–H groups in total. The normalized spacial score (nSPS) is 11.5. The van der Waals surface area contributed by atoms with Gasteiger partial charge in [-0.2, -0.15) is 8.78 Å². The van der Waals surface area contributed by atoms with E-state index in [1.54, 1.807) is 0 Å². The minimum atomic E-state index is -2.96. The van der Waals surface area contributed by atoms with Crippen molar-refractivity contribution in [1.29, 1.82) is 0 Å². The molecule has 1 heterocycles. The first kappa shape index (κ1) is 12.9. The number of nitrogens with one attached hydrogen (secondary N) is 1. The summed E-state index contributed by atoms with van der Waals surface area (Å²) >= 11 is 6.80. The van der Waals surface area contributed by atoms with Crippen molar-refractivity contribution in [2.24, 2.45) is 5.73 Å². The quantitative estimate of drug-likeness (QED) is 0.650. The Bertz CT molecular complexity index is 343. The van der Waals surface area contributed by atoms with E-state index in [2.05, 4.69) is 10.3 Å². The number of hydrogen-bond donors (Lipinski definition) is 2. The molecular weight excluding hydrogens is 338 g/mol. The zero-order valence-corrected chi connectivity index (χ0v) is 10.5. The van der Waals surface area contributed by atoms with Crippen LogP contribution in [0.3, 0.4) is 0 Å². The highest BCUT2D eigenvalue weighted by molar-refractivity contribution is 14.1. The number of hydrogen-bond acceptors (Lipinski definition) is 3. The Kier molecular flexibility index (Phi) is 4.47. The maximum absolute atomic E-state index is 12.9. The molecule has 0 aliphatic carbocycles. The van der Waals surface area contributed by atoms with E-state index in [-0.39, 0.29) is 10.6 Å². The highest BCUT2D eigenvalue weighted by Crippen LogP contribution is 2.36. The fraction of sp³-hybridized carbons (Fsp3) is 0.375. The van der Waals surface area contributed by atoms with E-state index in [4.69, 9.17) is 17.3 Å². The molecule has 0 saturated heterocycles. The van der Waals surface area contributed by atoms with E-state index in [0.717, 1.165) is 28.8 Å². The molecule has 0 amide bonds. The smallest absolute Gasteiger partial charge is 0.323 e. The van der Waals surface area contributed by atoms with Crippen molar-refractivity contribution >= 4 is 40.0 Å². The number of anilines is 1. The molecular formula is C8H9ClF2IN3. The lowest BCUT2D eigenvalue weighted by atomic mass is 10.3. The van der Waals surface area contributed by atoms with Crippen LogP contribution in [0.15, 0.2) is 12.3 Å². The standard InChI is InChI=1S/C8H9ClF2IN3/c9-6-3-5(8(10,11)12)4-15-7(6)14-2-1-13/h3-4H,1-2,13H2,(H,14,15).